The third-order valence-corrected chi connectivity index (χ3v) is 4.58. The van der Waals surface area contributed by atoms with Gasteiger partial charge < -0.3 is 19.9 Å². The number of carbonyl (C=O) groups is 1. The number of hydrogen-bond donors (Lipinski definition) is 2. The zero-order valence-electron chi connectivity index (χ0n) is 13.1. The van der Waals surface area contributed by atoms with Crippen LogP contribution in [-0.4, -0.2) is 49.4 Å². The maximum absolute atomic E-state index is 12.3. The number of nitrogens with one attached hydrogen (secondary N) is 1. The van der Waals surface area contributed by atoms with E-state index in [-0.39, 0.29) is 23.8 Å². The van der Waals surface area contributed by atoms with E-state index in [9.17, 15) is 9.90 Å². The predicted molar refractivity (Wildman–Crippen MR) is 85.6 cm³/mol. The lowest BCUT2D eigenvalue weighted by Gasteiger charge is -2.21. The first-order chi connectivity index (χ1) is 9.98. The van der Waals surface area contributed by atoms with E-state index in [1.807, 2.05) is 20.1 Å². The summed E-state index contributed by atoms with van der Waals surface area (Å²) in [4.78, 5) is 12.3. The molecule has 0 unspecified atom stereocenters. The van der Waals surface area contributed by atoms with Gasteiger partial charge in [-0.25, -0.2) is 0 Å². The number of carbonyl (C=O) groups excluding carboxylic acids is 1. The Balaban J connectivity index is 2.97. The number of ether oxygens (including phenoxy) is 2. The van der Waals surface area contributed by atoms with Crippen LogP contribution in [0.3, 0.4) is 0 Å². The zero-order valence-corrected chi connectivity index (χ0v) is 13.9. The van der Waals surface area contributed by atoms with Crippen molar-refractivity contribution >= 4 is 17.7 Å². The minimum absolute atomic E-state index is 0.0170. The van der Waals surface area contributed by atoms with E-state index in [4.69, 9.17) is 9.47 Å². The smallest absolute Gasteiger partial charge is 0.251 e. The lowest BCUT2D eigenvalue weighted by atomic mass is 10.1. The first-order valence-electron chi connectivity index (χ1n) is 6.65. The van der Waals surface area contributed by atoms with E-state index in [1.165, 1.54) is 11.8 Å². The van der Waals surface area contributed by atoms with Crippen molar-refractivity contribution in [3.8, 4) is 11.5 Å². The summed E-state index contributed by atoms with van der Waals surface area (Å²) in [5, 5.41) is 12.1. The number of methoxy groups -OCH3 is 2. The Labute approximate surface area is 130 Å². The Morgan fingerprint density at radius 2 is 1.86 bits per heavy atom. The molecule has 0 aliphatic heterocycles. The molecule has 1 aromatic carbocycles. The molecule has 1 amide bonds. The molecule has 0 saturated carbocycles. The summed E-state index contributed by atoms with van der Waals surface area (Å²) in [7, 11) is 3.11. The van der Waals surface area contributed by atoms with Crippen molar-refractivity contribution in [2.75, 3.05) is 27.1 Å². The molecule has 118 valence electrons. The highest BCUT2D eigenvalue weighted by atomic mass is 32.2. The number of benzene rings is 1. The molecule has 21 heavy (non-hydrogen) atoms. The van der Waals surface area contributed by atoms with Gasteiger partial charge in [-0.15, -0.1) is 0 Å². The number of thioether (sulfide) groups is 1. The summed E-state index contributed by atoms with van der Waals surface area (Å²) in [6, 6.07) is 3.23. The van der Waals surface area contributed by atoms with Crippen LogP contribution in [-0.2, 0) is 0 Å². The summed E-state index contributed by atoms with van der Waals surface area (Å²) in [5.74, 6) is 0.998. The first kappa shape index (κ1) is 17.7. The van der Waals surface area contributed by atoms with Crippen LogP contribution in [0.25, 0.3) is 0 Å². The van der Waals surface area contributed by atoms with E-state index in [0.29, 0.717) is 17.1 Å². The van der Waals surface area contributed by atoms with Gasteiger partial charge in [0.1, 0.15) is 11.5 Å². The molecule has 5 nitrogen and oxygen atoms in total. The van der Waals surface area contributed by atoms with Crippen molar-refractivity contribution in [1.82, 2.24) is 5.32 Å². The second kappa shape index (κ2) is 8.14. The summed E-state index contributed by atoms with van der Waals surface area (Å²) >= 11 is 1.52. The molecule has 6 heteroatoms. The Bertz CT molecular complexity index is 464. The van der Waals surface area contributed by atoms with Crippen molar-refractivity contribution in [2.45, 2.75) is 25.1 Å². The second-order valence-corrected chi connectivity index (χ2v) is 5.80. The van der Waals surface area contributed by atoms with Gasteiger partial charge in [0.15, 0.2) is 0 Å². The quantitative estimate of drug-likeness (QED) is 0.804. The van der Waals surface area contributed by atoms with Crippen LogP contribution in [0.2, 0.25) is 0 Å². The van der Waals surface area contributed by atoms with Crippen LogP contribution in [0.5, 0.6) is 11.5 Å². The van der Waals surface area contributed by atoms with Crippen molar-refractivity contribution in [2.24, 2.45) is 0 Å². The molecule has 0 heterocycles. The number of rotatable bonds is 7. The maximum atomic E-state index is 12.3. The highest BCUT2D eigenvalue weighted by molar-refractivity contribution is 7.99. The Morgan fingerprint density at radius 3 is 2.24 bits per heavy atom. The molecule has 0 fully saturated rings. The van der Waals surface area contributed by atoms with Gasteiger partial charge >= 0.3 is 0 Å². The topological polar surface area (TPSA) is 67.8 Å². The van der Waals surface area contributed by atoms with E-state index in [0.717, 1.165) is 5.56 Å². The molecule has 2 N–H and O–H groups in total. The molecule has 0 bridgehead atoms. The van der Waals surface area contributed by atoms with Gasteiger partial charge in [0.05, 0.1) is 20.8 Å². The lowest BCUT2D eigenvalue weighted by Crippen LogP contribution is -2.41. The molecule has 0 radical (unpaired) electrons. The molecule has 0 spiro atoms. The standard InChI is InChI=1S/C15H23NO4S/c1-9-12(19-3)6-11(7-13(9)20-4)15(18)16-10(2)14(8-17)21-5/h6-7,10,14,17H,8H2,1-5H3,(H,16,18)/t10-,14-/m1/s1. The molecule has 1 rings (SSSR count). The summed E-state index contributed by atoms with van der Waals surface area (Å²) in [5.41, 5.74) is 1.32. The van der Waals surface area contributed by atoms with E-state index < -0.39 is 0 Å². The fourth-order valence-electron chi connectivity index (χ4n) is 2.04. The Hall–Kier alpha value is -1.40. The van der Waals surface area contributed by atoms with E-state index in [2.05, 4.69) is 5.32 Å². The Kier molecular flexibility index (Phi) is 6.84. The van der Waals surface area contributed by atoms with Crippen LogP contribution >= 0.6 is 11.8 Å². The van der Waals surface area contributed by atoms with Crippen LogP contribution in [0, 0.1) is 6.92 Å². The molecule has 1 aromatic rings. The minimum atomic E-state index is -0.216. The van der Waals surface area contributed by atoms with Gasteiger partial charge in [0, 0.05) is 22.4 Å². The molecule has 0 aliphatic rings. The molecular weight excluding hydrogens is 290 g/mol. The van der Waals surface area contributed by atoms with Crippen LogP contribution < -0.4 is 14.8 Å². The summed E-state index contributed by atoms with van der Waals surface area (Å²) in [6.45, 7) is 3.76. The van der Waals surface area contributed by atoms with Gasteiger partial charge in [-0.1, -0.05) is 0 Å². The zero-order chi connectivity index (χ0) is 16.0. The third kappa shape index (κ3) is 4.28. The SMILES string of the molecule is COc1cc(C(=O)N[C@H](C)[C@@H](CO)SC)cc(OC)c1C. The summed E-state index contributed by atoms with van der Waals surface area (Å²) in [6.07, 6.45) is 1.90. The van der Waals surface area contributed by atoms with Crippen LogP contribution in [0.15, 0.2) is 12.1 Å². The number of aliphatic hydroxyl groups excluding tert-OH is 1. The largest absolute Gasteiger partial charge is 0.496 e. The highest BCUT2D eigenvalue weighted by Crippen LogP contribution is 2.29. The van der Waals surface area contributed by atoms with Gasteiger partial charge in [-0.05, 0) is 32.2 Å². The minimum Gasteiger partial charge on any atom is -0.496 e. The van der Waals surface area contributed by atoms with Crippen molar-refractivity contribution in [3.63, 3.8) is 0 Å². The van der Waals surface area contributed by atoms with Crippen LogP contribution in [0.4, 0.5) is 0 Å². The van der Waals surface area contributed by atoms with Gasteiger partial charge in [0.2, 0.25) is 0 Å². The summed E-state index contributed by atoms with van der Waals surface area (Å²) < 4.78 is 10.5. The molecular formula is C15H23NO4S. The molecule has 0 aliphatic carbocycles. The molecule has 0 saturated heterocycles. The first-order valence-corrected chi connectivity index (χ1v) is 7.94. The number of aliphatic hydroxyl groups is 1. The van der Waals surface area contributed by atoms with Crippen molar-refractivity contribution < 1.29 is 19.4 Å². The second-order valence-electron chi connectivity index (χ2n) is 4.72. The number of hydrogen-bond acceptors (Lipinski definition) is 5. The van der Waals surface area contributed by atoms with E-state index in [1.54, 1.807) is 26.4 Å². The van der Waals surface area contributed by atoms with Gasteiger partial charge in [-0.2, -0.15) is 11.8 Å². The fourth-order valence-corrected chi connectivity index (χ4v) is 2.66. The van der Waals surface area contributed by atoms with Gasteiger partial charge in [-0.3, -0.25) is 4.79 Å². The average molecular weight is 313 g/mol. The van der Waals surface area contributed by atoms with Gasteiger partial charge in [0.25, 0.3) is 5.91 Å². The van der Waals surface area contributed by atoms with Crippen LogP contribution in [0.1, 0.15) is 22.8 Å². The molecule has 2 atom stereocenters. The normalized spacial score (nSPS) is 13.4. The monoisotopic (exact) mass is 313 g/mol. The van der Waals surface area contributed by atoms with Crippen molar-refractivity contribution in [3.05, 3.63) is 23.3 Å². The fraction of sp³-hybridized carbons (Fsp3) is 0.533. The number of amides is 1. The average Bonchev–Trinajstić information content (AvgIpc) is 2.48. The Morgan fingerprint density at radius 1 is 1.33 bits per heavy atom. The predicted octanol–water partition coefficient (Wildman–Crippen LogP) is 1.85. The third-order valence-electron chi connectivity index (χ3n) is 3.41. The van der Waals surface area contributed by atoms with E-state index >= 15 is 0 Å². The highest BCUT2D eigenvalue weighted by Gasteiger charge is 2.20. The van der Waals surface area contributed by atoms with Crippen molar-refractivity contribution in [1.29, 1.82) is 0 Å². The molecule has 0 aromatic heterocycles. The maximum Gasteiger partial charge on any atom is 0.251 e. The lowest BCUT2D eigenvalue weighted by molar-refractivity contribution is 0.0935.